The van der Waals surface area contributed by atoms with E-state index in [0.717, 1.165) is 10.6 Å². The summed E-state index contributed by atoms with van der Waals surface area (Å²) in [6, 6.07) is 4.91. The topological polar surface area (TPSA) is 118 Å². The summed E-state index contributed by atoms with van der Waals surface area (Å²) in [5.41, 5.74) is -2.18. The Balaban J connectivity index is 2.33. The number of nitro groups is 2. The van der Waals surface area contributed by atoms with Gasteiger partial charge in [0, 0.05) is 30.0 Å². The molecule has 134 valence electrons. The molecule has 0 atom stereocenters. The van der Waals surface area contributed by atoms with Crippen LogP contribution in [-0.2, 0) is 0 Å². The first kappa shape index (κ1) is 17.6. The Morgan fingerprint density at radius 2 is 1.85 bits per heavy atom. The monoisotopic (exact) mass is 377 g/mol. The van der Waals surface area contributed by atoms with E-state index in [0.29, 0.717) is 5.75 Å². The lowest BCUT2D eigenvalue weighted by Gasteiger charge is -2.31. The van der Waals surface area contributed by atoms with Crippen molar-refractivity contribution in [2.24, 2.45) is 0 Å². The largest absolute Gasteiger partial charge is 0.483 e. The number of rotatable bonds is 3. The summed E-state index contributed by atoms with van der Waals surface area (Å²) in [5.74, 6) is 0.313. The van der Waals surface area contributed by atoms with Gasteiger partial charge < -0.3 is 4.74 Å². The number of nitrogens with zero attached hydrogens (tertiary/aromatic N) is 3. The van der Waals surface area contributed by atoms with E-state index in [2.05, 4.69) is 0 Å². The highest BCUT2D eigenvalue weighted by Gasteiger charge is 2.30. The van der Waals surface area contributed by atoms with Crippen LogP contribution >= 0.6 is 11.6 Å². The molecular formula is C16H12ClN3O6. The zero-order valence-corrected chi connectivity index (χ0v) is 14.4. The lowest BCUT2D eigenvalue weighted by Crippen LogP contribution is -2.32. The SMILES string of the molecule is CC1(C)C=C(n2cc(Cl)cc([N+](=O)[O-])c2=O)c2cc([N+](=O)[O-])ccc2O1. The summed E-state index contributed by atoms with van der Waals surface area (Å²) in [4.78, 5) is 33.4. The average molecular weight is 378 g/mol. The summed E-state index contributed by atoms with van der Waals surface area (Å²) in [7, 11) is 0. The van der Waals surface area contributed by atoms with Crippen LogP contribution in [0.15, 0.2) is 41.3 Å². The molecule has 10 heteroatoms. The van der Waals surface area contributed by atoms with Gasteiger partial charge in [0.25, 0.3) is 5.69 Å². The number of non-ortho nitro benzene ring substituents is 1. The van der Waals surface area contributed by atoms with Crippen molar-refractivity contribution in [3.8, 4) is 5.75 Å². The Labute approximate surface area is 151 Å². The molecule has 3 rings (SSSR count). The molecule has 9 nitrogen and oxygen atoms in total. The predicted molar refractivity (Wildman–Crippen MR) is 93.5 cm³/mol. The van der Waals surface area contributed by atoms with Gasteiger partial charge in [-0.05, 0) is 26.0 Å². The van der Waals surface area contributed by atoms with Crippen LogP contribution in [0.3, 0.4) is 0 Å². The normalized spacial score (nSPS) is 14.8. The van der Waals surface area contributed by atoms with E-state index in [1.54, 1.807) is 19.9 Å². The quantitative estimate of drug-likeness (QED) is 0.597. The molecule has 0 N–H and O–H groups in total. The minimum absolute atomic E-state index is 0.0199. The Hall–Kier alpha value is -3.20. The van der Waals surface area contributed by atoms with Gasteiger partial charge in [0.05, 0.1) is 20.6 Å². The van der Waals surface area contributed by atoms with Crippen LogP contribution in [-0.4, -0.2) is 20.0 Å². The Bertz CT molecular complexity index is 1040. The fourth-order valence-electron chi connectivity index (χ4n) is 2.68. The van der Waals surface area contributed by atoms with Crippen molar-refractivity contribution in [2.45, 2.75) is 19.4 Å². The van der Waals surface area contributed by atoms with Gasteiger partial charge in [-0.3, -0.25) is 29.6 Å². The molecule has 0 saturated carbocycles. The van der Waals surface area contributed by atoms with E-state index >= 15 is 0 Å². The van der Waals surface area contributed by atoms with Gasteiger partial charge in [0.2, 0.25) is 0 Å². The molecule has 1 aromatic heterocycles. The number of benzene rings is 1. The molecule has 0 saturated heterocycles. The zero-order chi connectivity index (χ0) is 19.2. The van der Waals surface area contributed by atoms with Crippen LogP contribution < -0.4 is 10.3 Å². The van der Waals surface area contributed by atoms with Crippen molar-refractivity contribution in [1.82, 2.24) is 4.57 Å². The first-order valence-corrected chi connectivity index (χ1v) is 7.74. The number of hydrogen-bond donors (Lipinski definition) is 0. The summed E-state index contributed by atoms with van der Waals surface area (Å²) in [6.07, 6.45) is 2.78. The van der Waals surface area contributed by atoms with Gasteiger partial charge in [-0.15, -0.1) is 0 Å². The second kappa shape index (κ2) is 5.95. The predicted octanol–water partition coefficient (Wildman–Crippen LogP) is 3.38. The standard InChI is InChI=1S/C16H12ClN3O6/c1-16(2)7-13(11-6-10(19(22)23)3-4-14(11)26-16)18-8-9(17)5-12(15(18)21)20(24)25/h3-8H,1-2H3. The first-order chi connectivity index (χ1) is 12.1. The van der Waals surface area contributed by atoms with Gasteiger partial charge in [-0.25, -0.2) is 0 Å². The van der Waals surface area contributed by atoms with Gasteiger partial charge in [0.1, 0.15) is 11.4 Å². The molecule has 26 heavy (non-hydrogen) atoms. The van der Waals surface area contributed by atoms with Gasteiger partial charge in [-0.2, -0.15) is 0 Å². The average Bonchev–Trinajstić information content (AvgIpc) is 2.54. The van der Waals surface area contributed by atoms with Crippen LogP contribution in [0.1, 0.15) is 19.4 Å². The number of pyridine rings is 1. The minimum Gasteiger partial charge on any atom is -0.483 e. The van der Waals surface area contributed by atoms with E-state index < -0.39 is 26.7 Å². The number of halogens is 1. The maximum Gasteiger partial charge on any atom is 0.335 e. The summed E-state index contributed by atoms with van der Waals surface area (Å²) < 4.78 is 6.78. The van der Waals surface area contributed by atoms with Crippen molar-refractivity contribution in [3.63, 3.8) is 0 Å². The van der Waals surface area contributed by atoms with Crippen LogP contribution in [0, 0.1) is 20.2 Å². The smallest absolute Gasteiger partial charge is 0.335 e. The lowest BCUT2D eigenvalue weighted by molar-refractivity contribution is -0.386. The zero-order valence-electron chi connectivity index (χ0n) is 13.6. The molecule has 0 spiro atoms. The second-order valence-electron chi connectivity index (χ2n) is 6.15. The molecule has 0 aliphatic carbocycles. The molecule has 1 aliphatic rings. The van der Waals surface area contributed by atoms with E-state index in [1.165, 1.54) is 24.4 Å². The third-order valence-corrected chi connectivity index (χ3v) is 3.94. The van der Waals surface area contributed by atoms with Crippen LogP contribution in [0.4, 0.5) is 11.4 Å². The summed E-state index contributed by atoms with van der Waals surface area (Å²) >= 11 is 5.93. The highest BCUT2D eigenvalue weighted by Crippen LogP contribution is 2.38. The molecular weight excluding hydrogens is 366 g/mol. The first-order valence-electron chi connectivity index (χ1n) is 7.37. The number of nitro benzene ring substituents is 1. The Kier molecular flexibility index (Phi) is 4.03. The van der Waals surface area contributed by atoms with Crippen molar-refractivity contribution >= 4 is 28.7 Å². The maximum atomic E-state index is 12.5. The number of ether oxygens (including phenoxy) is 1. The highest BCUT2D eigenvalue weighted by atomic mass is 35.5. The molecule has 0 unspecified atom stereocenters. The molecule has 0 fully saturated rings. The van der Waals surface area contributed by atoms with Crippen LogP contribution in [0.2, 0.25) is 5.02 Å². The third kappa shape index (κ3) is 3.04. The second-order valence-corrected chi connectivity index (χ2v) is 6.58. The van der Waals surface area contributed by atoms with E-state index in [4.69, 9.17) is 16.3 Å². The van der Waals surface area contributed by atoms with E-state index in [-0.39, 0.29) is 22.0 Å². The summed E-state index contributed by atoms with van der Waals surface area (Å²) in [6.45, 7) is 3.45. The molecule has 0 bridgehead atoms. The van der Waals surface area contributed by atoms with Crippen molar-refractivity contribution in [2.75, 3.05) is 0 Å². The van der Waals surface area contributed by atoms with Gasteiger partial charge in [0.15, 0.2) is 0 Å². The van der Waals surface area contributed by atoms with Crippen LogP contribution in [0.25, 0.3) is 5.70 Å². The van der Waals surface area contributed by atoms with E-state index in [9.17, 15) is 25.0 Å². The molecule has 0 amide bonds. The van der Waals surface area contributed by atoms with Crippen molar-refractivity contribution in [1.29, 1.82) is 0 Å². The third-order valence-electron chi connectivity index (χ3n) is 3.73. The van der Waals surface area contributed by atoms with Gasteiger partial charge >= 0.3 is 11.2 Å². The number of hydrogen-bond acceptors (Lipinski definition) is 6. The summed E-state index contributed by atoms with van der Waals surface area (Å²) in [5, 5.41) is 22.2. The molecule has 1 aliphatic heterocycles. The van der Waals surface area contributed by atoms with Gasteiger partial charge in [-0.1, -0.05) is 11.6 Å². The molecule has 0 radical (unpaired) electrons. The van der Waals surface area contributed by atoms with Crippen molar-refractivity contribution in [3.05, 3.63) is 77.7 Å². The lowest BCUT2D eigenvalue weighted by atomic mass is 9.98. The highest BCUT2D eigenvalue weighted by molar-refractivity contribution is 6.30. The fourth-order valence-corrected chi connectivity index (χ4v) is 2.89. The minimum atomic E-state index is -0.902. The Morgan fingerprint density at radius 1 is 1.15 bits per heavy atom. The fraction of sp³-hybridized carbons (Fsp3) is 0.188. The molecule has 2 aromatic rings. The maximum absolute atomic E-state index is 12.5. The molecule has 2 heterocycles. The molecule has 1 aromatic carbocycles. The number of fused-ring (bicyclic) bond motifs is 1. The van der Waals surface area contributed by atoms with Crippen LogP contribution in [0.5, 0.6) is 5.75 Å². The number of aromatic nitrogens is 1. The van der Waals surface area contributed by atoms with E-state index in [1.807, 2.05) is 0 Å². The Morgan fingerprint density at radius 3 is 2.46 bits per heavy atom. The van der Waals surface area contributed by atoms with Crippen molar-refractivity contribution < 1.29 is 14.6 Å².